The van der Waals surface area contributed by atoms with Crippen molar-refractivity contribution < 1.29 is 19.1 Å². The van der Waals surface area contributed by atoms with Crippen LogP contribution in [0.4, 0.5) is 11.4 Å². The maximum Gasteiger partial charge on any atom is 0.337 e. The van der Waals surface area contributed by atoms with Crippen LogP contribution in [0.1, 0.15) is 27.9 Å². The van der Waals surface area contributed by atoms with Crippen LogP contribution in [0.2, 0.25) is 0 Å². The number of hydrogen-bond donors (Lipinski definition) is 1. The number of nitrogens with zero attached hydrogens (tertiary/aromatic N) is 1. The second-order valence-electron chi connectivity index (χ2n) is 6.75. The summed E-state index contributed by atoms with van der Waals surface area (Å²) in [4.78, 5) is 38.1. The summed E-state index contributed by atoms with van der Waals surface area (Å²) in [5, 5.41) is 2.94. The van der Waals surface area contributed by atoms with Crippen LogP contribution in [0, 0.1) is 19.8 Å². The predicted octanol–water partition coefficient (Wildman–Crippen LogP) is 3.08. The van der Waals surface area contributed by atoms with Crippen LogP contribution in [-0.4, -0.2) is 31.4 Å². The third-order valence-corrected chi connectivity index (χ3v) is 4.75. The van der Waals surface area contributed by atoms with Crippen molar-refractivity contribution in [1.82, 2.24) is 0 Å². The number of benzene rings is 2. The van der Waals surface area contributed by atoms with Crippen molar-refractivity contribution in [3.05, 3.63) is 59.2 Å². The van der Waals surface area contributed by atoms with E-state index in [1.165, 1.54) is 7.11 Å². The number of hydrogen-bond acceptors (Lipinski definition) is 4. The predicted molar refractivity (Wildman–Crippen MR) is 103 cm³/mol. The largest absolute Gasteiger partial charge is 0.465 e. The lowest BCUT2D eigenvalue weighted by Crippen LogP contribution is -2.28. The van der Waals surface area contributed by atoms with Crippen molar-refractivity contribution in [2.24, 2.45) is 5.92 Å². The van der Waals surface area contributed by atoms with Crippen LogP contribution in [0.25, 0.3) is 0 Å². The highest BCUT2D eigenvalue weighted by Crippen LogP contribution is 2.27. The Hall–Kier alpha value is -3.15. The van der Waals surface area contributed by atoms with Crippen LogP contribution in [0.15, 0.2) is 42.5 Å². The molecule has 6 nitrogen and oxygen atoms in total. The molecule has 1 N–H and O–H groups in total. The molecule has 0 aliphatic carbocycles. The van der Waals surface area contributed by atoms with Crippen molar-refractivity contribution in [2.75, 3.05) is 23.9 Å². The standard InChI is InChI=1S/C21H22N2O4/c1-13-4-5-14(2)18(10-13)22-20(25)16-11-19(24)23(12-16)17-8-6-15(7-9-17)21(26)27-3/h4-10,16H,11-12H2,1-3H3,(H,22,25). The SMILES string of the molecule is COC(=O)c1ccc(N2CC(C(=O)Nc3cc(C)ccc3C)CC2=O)cc1. The topological polar surface area (TPSA) is 75.7 Å². The number of nitrogens with one attached hydrogen (secondary N) is 1. The van der Waals surface area contributed by atoms with Gasteiger partial charge in [0.25, 0.3) is 0 Å². The summed E-state index contributed by atoms with van der Waals surface area (Å²) < 4.78 is 4.67. The Morgan fingerprint density at radius 1 is 1.11 bits per heavy atom. The molecule has 1 saturated heterocycles. The monoisotopic (exact) mass is 366 g/mol. The molecule has 6 heteroatoms. The van der Waals surface area contributed by atoms with E-state index >= 15 is 0 Å². The summed E-state index contributed by atoms with van der Waals surface area (Å²) in [6.45, 7) is 4.21. The highest BCUT2D eigenvalue weighted by atomic mass is 16.5. The summed E-state index contributed by atoms with van der Waals surface area (Å²) in [6, 6.07) is 12.5. The van der Waals surface area contributed by atoms with E-state index in [0.29, 0.717) is 17.8 Å². The Morgan fingerprint density at radius 2 is 1.81 bits per heavy atom. The van der Waals surface area contributed by atoms with Gasteiger partial charge in [0.2, 0.25) is 11.8 Å². The number of carbonyl (C=O) groups excluding carboxylic acids is 3. The lowest BCUT2D eigenvalue weighted by atomic mass is 10.1. The molecule has 1 atom stereocenters. The first-order valence-electron chi connectivity index (χ1n) is 8.76. The van der Waals surface area contributed by atoms with Crippen LogP contribution in [0.5, 0.6) is 0 Å². The highest BCUT2D eigenvalue weighted by Gasteiger charge is 2.35. The molecule has 2 aromatic rings. The quantitative estimate of drug-likeness (QED) is 0.844. The summed E-state index contributed by atoms with van der Waals surface area (Å²) in [5.74, 6) is -1.12. The van der Waals surface area contributed by atoms with Crippen molar-refractivity contribution >= 4 is 29.2 Å². The minimum absolute atomic E-state index is 0.109. The zero-order valence-electron chi connectivity index (χ0n) is 15.6. The van der Waals surface area contributed by atoms with Gasteiger partial charge in [-0.3, -0.25) is 9.59 Å². The van der Waals surface area contributed by atoms with Gasteiger partial charge in [0.15, 0.2) is 0 Å². The maximum atomic E-state index is 12.6. The summed E-state index contributed by atoms with van der Waals surface area (Å²) in [5.41, 5.74) is 3.89. The van der Waals surface area contributed by atoms with Gasteiger partial charge in [0, 0.05) is 24.3 Å². The second-order valence-corrected chi connectivity index (χ2v) is 6.75. The minimum Gasteiger partial charge on any atom is -0.465 e. The molecule has 0 radical (unpaired) electrons. The molecule has 1 unspecified atom stereocenters. The molecule has 2 aromatic carbocycles. The third kappa shape index (κ3) is 4.00. The van der Waals surface area contributed by atoms with Gasteiger partial charge in [-0.15, -0.1) is 0 Å². The van der Waals surface area contributed by atoms with Crippen LogP contribution < -0.4 is 10.2 Å². The number of ether oxygens (including phenoxy) is 1. The number of methoxy groups -OCH3 is 1. The number of anilines is 2. The Balaban J connectivity index is 1.70. The number of aryl methyl sites for hydroxylation is 2. The van der Waals surface area contributed by atoms with Gasteiger partial charge in [0.1, 0.15) is 0 Å². The molecule has 0 spiro atoms. The van der Waals surface area contributed by atoms with E-state index in [2.05, 4.69) is 10.1 Å². The second kappa shape index (κ2) is 7.61. The smallest absolute Gasteiger partial charge is 0.337 e. The van der Waals surface area contributed by atoms with E-state index in [0.717, 1.165) is 16.8 Å². The molecule has 0 aromatic heterocycles. The van der Waals surface area contributed by atoms with Crippen molar-refractivity contribution in [2.45, 2.75) is 20.3 Å². The molecule has 140 valence electrons. The van der Waals surface area contributed by atoms with Gasteiger partial charge < -0.3 is 15.0 Å². The normalized spacial score (nSPS) is 16.3. The van der Waals surface area contributed by atoms with Gasteiger partial charge in [0.05, 0.1) is 18.6 Å². The van der Waals surface area contributed by atoms with Gasteiger partial charge in [-0.25, -0.2) is 4.79 Å². The molecule has 1 aliphatic rings. The van der Waals surface area contributed by atoms with E-state index in [4.69, 9.17) is 0 Å². The van der Waals surface area contributed by atoms with Gasteiger partial charge in [-0.2, -0.15) is 0 Å². The lowest BCUT2D eigenvalue weighted by molar-refractivity contribution is -0.122. The maximum absolute atomic E-state index is 12.6. The summed E-state index contributed by atoms with van der Waals surface area (Å²) in [6.07, 6.45) is 0.162. The first kappa shape index (κ1) is 18.6. The molecule has 1 heterocycles. The van der Waals surface area contributed by atoms with Crippen molar-refractivity contribution in [1.29, 1.82) is 0 Å². The molecule has 27 heavy (non-hydrogen) atoms. The van der Waals surface area contributed by atoms with Gasteiger partial charge >= 0.3 is 5.97 Å². The Kier molecular flexibility index (Phi) is 5.26. The van der Waals surface area contributed by atoms with E-state index in [9.17, 15) is 14.4 Å². The molecule has 1 aliphatic heterocycles. The van der Waals surface area contributed by atoms with Gasteiger partial charge in [-0.1, -0.05) is 12.1 Å². The molecule has 2 amide bonds. The molecule has 1 fully saturated rings. The number of amides is 2. The van der Waals surface area contributed by atoms with E-state index in [-0.39, 0.29) is 18.2 Å². The van der Waals surface area contributed by atoms with Crippen LogP contribution >= 0.6 is 0 Å². The summed E-state index contributed by atoms with van der Waals surface area (Å²) in [7, 11) is 1.32. The van der Waals surface area contributed by atoms with Crippen LogP contribution in [0.3, 0.4) is 0 Å². The first-order valence-corrected chi connectivity index (χ1v) is 8.76. The van der Waals surface area contributed by atoms with E-state index in [1.54, 1.807) is 29.2 Å². The third-order valence-electron chi connectivity index (χ3n) is 4.75. The highest BCUT2D eigenvalue weighted by molar-refractivity contribution is 6.04. The first-order chi connectivity index (χ1) is 12.9. The fourth-order valence-electron chi connectivity index (χ4n) is 3.13. The van der Waals surface area contributed by atoms with E-state index in [1.807, 2.05) is 32.0 Å². The zero-order chi connectivity index (χ0) is 19.6. The Morgan fingerprint density at radius 3 is 2.48 bits per heavy atom. The van der Waals surface area contributed by atoms with E-state index < -0.39 is 11.9 Å². The molecule has 0 saturated carbocycles. The van der Waals surface area contributed by atoms with Crippen molar-refractivity contribution in [3.8, 4) is 0 Å². The average Bonchev–Trinajstić information content (AvgIpc) is 3.06. The fraction of sp³-hybridized carbons (Fsp3) is 0.286. The molecular weight excluding hydrogens is 344 g/mol. The Bertz CT molecular complexity index is 890. The van der Waals surface area contributed by atoms with Crippen LogP contribution in [-0.2, 0) is 14.3 Å². The fourth-order valence-corrected chi connectivity index (χ4v) is 3.13. The summed E-state index contributed by atoms with van der Waals surface area (Å²) >= 11 is 0. The number of carbonyl (C=O) groups is 3. The molecule has 0 bridgehead atoms. The zero-order valence-corrected chi connectivity index (χ0v) is 15.6. The number of esters is 1. The molecular formula is C21H22N2O4. The molecule has 3 rings (SSSR count). The van der Waals surface area contributed by atoms with Gasteiger partial charge in [-0.05, 0) is 55.3 Å². The Labute approximate surface area is 158 Å². The average molecular weight is 366 g/mol. The number of rotatable bonds is 4. The van der Waals surface area contributed by atoms with Crippen molar-refractivity contribution in [3.63, 3.8) is 0 Å². The lowest BCUT2D eigenvalue weighted by Gasteiger charge is -2.17. The minimum atomic E-state index is -0.430.